The lowest BCUT2D eigenvalue weighted by Crippen LogP contribution is -2.10. The maximum absolute atomic E-state index is 9.55. The summed E-state index contributed by atoms with van der Waals surface area (Å²) >= 11 is 1.93. The van der Waals surface area contributed by atoms with Gasteiger partial charge in [0.25, 0.3) is 0 Å². The summed E-state index contributed by atoms with van der Waals surface area (Å²) in [6.45, 7) is 2.35. The largest absolute Gasteiger partial charge is 0.478 e. The minimum atomic E-state index is -1.26. The van der Waals surface area contributed by atoms with Gasteiger partial charge in [-0.2, -0.15) is 0 Å². The number of aliphatic carboxylic acids is 2. The van der Waals surface area contributed by atoms with Crippen molar-refractivity contribution in [3.05, 3.63) is 51.9 Å². The number of hydrogen-bond acceptors (Lipinski definition) is 5. The Bertz CT molecular complexity index is 822. The van der Waals surface area contributed by atoms with E-state index in [0.717, 1.165) is 18.8 Å². The van der Waals surface area contributed by atoms with Crippen molar-refractivity contribution in [2.24, 2.45) is 5.92 Å². The van der Waals surface area contributed by atoms with Crippen molar-refractivity contribution in [3.8, 4) is 11.3 Å². The first-order valence-corrected chi connectivity index (χ1v) is 9.26. The third-order valence-corrected chi connectivity index (χ3v) is 5.44. The molecule has 1 unspecified atom stereocenters. The van der Waals surface area contributed by atoms with Gasteiger partial charge in [-0.1, -0.05) is 24.3 Å². The molecule has 1 aromatic heterocycles. The molecule has 7 heteroatoms. The molecule has 1 aromatic carbocycles. The average Bonchev–Trinajstić information content (AvgIpc) is 3.30. The summed E-state index contributed by atoms with van der Waals surface area (Å²) in [5.41, 5.74) is 4.07. The Labute approximate surface area is 155 Å². The van der Waals surface area contributed by atoms with Crippen LogP contribution in [0.4, 0.5) is 0 Å². The van der Waals surface area contributed by atoms with Gasteiger partial charge in [-0.15, -0.1) is 11.3 Å². The van der Waals surface area contributed by atoms with Crippen LogP contribution in [0.2, 0.25) is 0 Å². The highest BCUT2D eigenvalue weighted by atomic mass is 32.1. The second-order valence-electron chi connectivity index (χ2n) is 6.29. The van der Waals surface area contributed by atoms with Gasteiger partial charge in [-0.05, 0) is 31.0 Å². The number of carboxylic acids is 2. The molecule has 1 fully saturated rings. The number of benzene rings is 1. The van der Waals surface area contributed by atoms with E-state index in [9.17, 15) is 9.59 Å². The van der Waals surface area contributed by atoms with Crippen LogP contribution in [0.1, 0.15) is 21.9 Å². The number of carboxylic acid groups (broad SMARTS) is 2. The second kappa shape index (κ2) is 8.25. The first-order chi connectivity index (χ1) is 12.5. The van der Waals surface area contributed by atoms with Crippen LogP contribution in [-0.2, 0) is 22.4 Å². The van der Waals surface area contributed by atoms with Crippen LogP contribution in [0.15, 0.2) is 36.4 Å². The Morgan fingerprint density at radius 1 is 1.23 bits per heavy atom. The predicted molar refractivity (Wildman–Crippen MR) is 99.4 cm³/mol. The lowest BCUT2D eigenvalue weighted by molar-refractivity contribution is -0.134. The van der Waals surface area contributed by atoms with Crippen molar-refractivity contribution in [1.29, 1.82) is 0 Å². The van der Waals surface area contributed by atoms with Crippen LogP contribution >= 0.6 is 11.3 Å². The van der Waals surface area contributed by atoms with Crippen molar-refractivity contribution in [2.75, 3.05) is 13.1 Å². The maximum Gasteiger partial charge on any atom is 0.328 e. The van der Waals surface area contributed by atoms with Crippen LogP contribution in [0, 0.1) is 5.92 Å². The zero-order chi connectivity index (χ0) is 18.5. The van der Waals surface area contributed by atoms with Gasteiger partial charge in [-0.25, -0.2) is 14.6 Å². The van der Waals surface area contributed by atoms with Crippen molar-refractivity contribution >= 4 is 23.3 Å². The van der Waals surface area contributed by atoms with E-state index >= 15 is 0 Å². The fraction of sp³-hybridized carbons (Fsp3) is 0.316. The minimum Gasteiger partial charge on any atom is -0.478 e. The highest BCUT2D eigenvalue weighted by Crippen LogP contribution is 2.39. The van der Waals surface area contributed by atoms with Crippen LogP contribution in [0.5, 0.6) is 0 Å². The number of fused-ring (bicyclic) bond motifs is 3. The molecule has 1 aliphatic carbocycles. The summed E-state index contributed by atoms with van der Waals surface area (Å²) in [7, 11) is 0. The van der Waals surface area contributed by atoms with Gasteiger partial charge in [0.1, 0.15) is 0 Å². The van der Waals surface area contributed by atoms with Crippen molar-refractivity contribution in [2.45, 2.75) is 19.3 Å². The summed E-state index contributed by atoms with van der Waals surface area (Å²) in [6.07, 6.45) is 4.67. The molecule has 0 radical (unpaired) electrons. The van der Waals surface area contributed by atoms with Gasteiger partial charge in [-0.3, -0.25) is 0 Å². The number of nitrogens with zero attached hydrogens (tertiary/aromatic N) is 1. The number of carbonyl (C=O) groups is 2. The average molecular weight is 372 g/mol. The van der Waals surface area contributed by atoms with Gasteiger partial charge < -0.3 is 15.5 Å². The fourth-order valence-corrected chi connectivity index (χ4v) is 4.39. The zero-order valence-electron chi connectivity index (χ0n) is 14.1. The van der Waals surface area contributed by atoms with E-state index in [1.54, 1.807) is 0 Å². The maximum atomic E-state index is 9.55. The van der Waals surface area contributed by atoms with E-state index in [-0.39, 0.29) is 0 Å². The number of rotatable bonds is 4. The molecule has 2 aromatic rings. The summed E-state index contributed by atoms with van der Waals surface area (Å²) in [6, 6.07) is 8.68. The van der Waals surface area contributed by atoms with E-state index in [1.807, 2.05) is 11.3 Å². The Kier molecular flexibility index (Phi) is 5.80. The van der Waals surface area contributed by atoms with Crippen LogP contribution in [0.25, 0.3) is 11.3 Å². The molecule has 3 N–H and O–H groups in total. The lowest BCUT2D eigenvalue weighted by Gasteiger charge is -2.04. The highest BCUT2D eigenvalue weighted by molar-refractivity contribution is 7.12. The summed E-state index contributed by atoms with van der Waals surface area (Å²) < 4.78 is 0. The molecule has 136 valence electrons. The van der Waals surface area contributed by atoms with E-state index in [2.05, 4.69) is 29.6 Å². The first-order valence-electron chi connectivity index (χ1n) is 8.44. The van der Waals surface area contributed by atoms with Crippen LogP contribution in [0.3, 0.4) is 0 Å². The Hall–Kier alpha value is -2.51. The van der Waals surface area contributed by atoms with Crippen LogP contribution < -0.4 is 5.32 Å². The van der Waals surface area contributed by atoms with Gasteiger partial charge in [0.05, 0.1) is 10.7 Å². The molecule has 4 rings (SSSR count). The predicted octanol–water partition coefficient (Wildman–Crippen LogP) is 2.58. The first kappa shape index (κ1) is 18.3. The second-order valence-corrected chi connectivity index (χ2v) is 7.45. The standard InChI is InChI=1S/C15H16N2S.C4H4O4/c1-2-4-12-11(3-1)8-13-15(12)17-14(18-13)7-10-5-6-16-9-10;5-3(6)1-2-4(7)8/h1-4,10,16H,5-9H2;1-2H,(H,5,6)(H,7,8). The molecule has 0 bridgehead atoms. The number of hydrogen-bond donors (Lipinski definition) is 3. The molecule has 6 nitrogen and oxygen atoms in total. The van der Waals surface area contributed by atoms with Gasteiger partial charge in [0, 0.05) is 35.4 Å². The van der Waals surface area contributed by atoms with E-state index in [1.165, 1.54) is 46.2 Å². The molecule has 0 saturated carbocycles. The molecule has 0 amide bonds. The van der Waals surface area contributed by atoms with E-state index < -0.39 is 11.9 Å². The number of aromatic nitrogens is 1. The minimum absolute atomic E-state index is 0.558. The van der Waals surface area contributed by atoms with Crippen molar-refractivity contribution < 1.29 is 19.8 Å². The highest BCUT2D eigenvalue weighted by Gasteiger charge is 2.24. The van der Waals surface area contributed by atoms with Crippen molar-refractivity contribution in [3.63, 3.8) is 0 Å². The molecular weight excluding hydrogens is 352 g/mol. The normalized spacial score (nSPS) is 17.5. The molecule has 1 aliphatic heterocycles. The quantitative estimate of drug-likeness (QED) is 0.609. The molecular formula is C19H20N2O4S. The molecule has 2 heterocycles. The Morgan fingerprint density at radius 2 is 1.96 bits per heavy atom. The molecule has 26 heavy (non-hydrogen) atoms. The number of nitrogens with one attached hydrogen (secondary N) is 1. The Morgan fingerprint density at radius 3 is 2.62 bits per heavy atom. The van der Waals surface area contributed by atoms with E-state index in [4.69, 9.17) is 15.2 Å². The Balaban J connectivity index is 0.000000211. The smallest absolute Gasteiger partial charge is 0.328 e. The summed E-state index contributed by atoms with van der Waals surface area (Å²) in [5, 5.41) is 20.4. The van der Waals surface area contributed by atoms with E-state index in [0.29, 0.717) is 12.2 Å². The fourth-order valence-electron chi connectivity index (χ4n) is 3.17. The van der Waals surface area contributed by atoms with Gasteiger partial charge in [0.15, 0.2) is 0 Å². The van der Waals surface area contributed by atoms with Gasteiger partial charge in [0.2, 0.25) is 0 Å². The third kappa shape index (κ3) is 4.56. The van der Waals surface area contributed by atoms with Gasteiger partial charge >= 0.3 is 11.9 Å². The molecule has 0 spiro atoms. The van der Waals surface area contributed by atoms with Crippen molar-refractivity contribution in [1.82, 2.24) is 10.3 Å². The summed E-state index contributed by atoms with van der Waals surface area (Å²) in [4.78, 5) is 25.5. The SMILES string of the molecule is O=C(O)C=CC(=O)O.c1ccc2c(c1)Cc1sc(CC3CCNC3)nc1-2. The van der Waals surface area contributed by atoms with Crippen LogP contribution in [-0.4, -0.2) is 40.2 Å². The number of thiazole rings is 1. The monoisotopic (exact) mass is 372 g/mol. The molecule has 1 saturated heterocycles. The third-order valence-electron chi connectivity index (χ3n) is 4.36. The topological polar surface area (TPSA) is 99.5 Å². The summed E-state index contributed by atoms with van der Waals surface area (Å²) in [5.74, 6) is -1.72. The molecule has 1 atom stereocenters. The molecule has 2 aliphatic rings. The lowest BCUT2D eigenvalue weighted by atomic mass is 10.1. The zero-order valence-corrected chi connectivity index (χ0v) is 15.0.